The van der Waals surface area contributed by atoms with E-state index in [1.165, 1.54) is 10.2 Å². The van der Waals surface area contributed by atoms with Gasteiger partial charge in [-0.15, -0.1) is 11.3 Å². The van der Waals surface area contributed by atoms with Gasteiger partial charge in [0.1, 0.15) is 17.4 Å². The lowest BCUT2D eigenvalue weighted by atomic mass is 9.90. The highest BCUT2D eigenvalue weighted by atomic mass is 32.1. The smallest absolute Gasteiger partial charge is 0.290 e. The average molecular weight is 437 g/mol. The van der Waals surface area contributed by atoms with Gasteiger partial charge in [-0.3, -0.25) is 9.59 Å². The fourth-order valence-electron chi connectivity index (χ4n) is 4.16. The van der Waals surface area contributed by atoms with E-state index in [4.69, 9.17) is 5.73 Å². The van der Waals surface area contributed by atoms with Crippen molar-refractivity contribution in [1.82, 2.24) is 14.7 Å². The Kier molecular flexibility index (Phi) is 6.23. The molecule has 1 aliphatic rings. The second kappa shape index (κ2) is 9.06. The molecule has 2 N–H and O–H groups in total. The fraction of sp³-hybridized carbons (Fsp3) is 0.375. The number of carbonyl (C=O) groups excluding carboxylic acids is 1. The highest BCUT2D eigenvalue weighted by Crippen LogP contribution is 2.27. The van der Waals surface area contributed by atoms with Crippen LogP contribution in [0.3, 0.4) is 0 Å². The van der Waals surface area contributed by atoms with E-state index in [0.29, 0.717) is 24.7 Å². The molecule has 0 bridgehead atoms. The Balaban J connectivity index is 1.46. The van der Waals surface area contributed by atoms with Crippen molar-refractivity contribution in [3.05, 3.63) is 69.3 Å². The monoisotopic (exact) mass is 436 g/mol. The van der Waals surface area contributed by atoms with Crippen LogP contribution in [0.4, 0.5) is 5.69 Å². The molecule has 1 fully saturated rings. The van der Waals surface area contributed by atoms with Crippen molar-refractivity contribution in [2.24, 2.45) is 5.92 Å². The van der Waals surface area contributed by atoms with Crippen LogP contribution in [0.2, 0.25) is 0 Å². The van der Waals surface area contributed by atoms with E-state index < -0.39 is 11.6 Å². The molecule has 1 aromatic carbocycles. The molecule has 7 heteroatoms. The van der Waals surface area contributed by atoms with Crippen molar-refractivity contribution in [2.45, 2.75) is 39.2 Å². The molecule has 2 aromatic heterocycles. The topological polar surface area (TPSA) is 81.2 Å². The number of anilines is 1. The number of aromatic nitrogens is 2. The van der Waals surface area contributed by atoms with Crippen LogP contribution in [0, 0.1) is 12.8 Å². The summed E-state index contributed by atoms with van der Waals surface area (Å²) < 4.78 is 1.25. The van der Waals surface area contributed by atoms with Gasteiger partial charge < -0.3 is 10.6 Å². The zero-order valence-corrected chi connectivity index (χ0v) is 18.8. The number of thiophene rings is 1. The standard InChI is InChI=1S/C24H28N4O2S/c1-16-8-9-22(31-16)21-15-20(25)24(30)28(26-21)17(2)23(29)27-12-10-19(11-13-27)14-18-6-4-3-5-7-18/h3-9,15,17,19H,10-14,25H2,1-2H3/t17-/m0/s1. The fourth-order valence-corrected chi connectivity index (χ4v) is 4.98. The van der Waals surface area contributed by atoms with E-state index in [2.05, 4.69) is 29.4 Å². The Hall–Kier alpha value is -2.93. The largest absolute Gasteiger partial charge is 0.394 e. The van der Waals surface area contributed by atoms with Gasteiger partial charge in [0.25, 0.3) is 5.56 Å². The van der Waals surface area contributed by atoms with Crippen LogP contribution < -0.4 is 11.3 Å². The van der Waals surface area contributed by atoms with Gasteiger partial charge in [0.15, 0.2) is 0 Å². The summed E-state index contributed by atoms with van der Waals surface area (Å²) in [6.07, 6.45) is 2.97. The Bertz CT molecular complexity index is 1110. The maximum atomic E-state index is 13.2. The molecule has 4 rings (SSSR count). The lowest BCUT2D eigenvalue weighted by Crippen LogP contribution is -2.44. The normalized spacial score (nSPS) is 15.7. The highest BCUT2D eigenvalue weighted by Gasteiger charge is 2.28. The predicted octanol–water partition coefficient (Wildman–Crippen LogP) is 3.90. The number of aryl methyl sites for hydroxylation is 1. The van der Waals surface area contributed by atoms with Crippen molar-refractivity contribution in [3.8, 4) is 10.6 Å². The van der Waals surface area contributed by atoms with Gasteiger partial charge in [-0.05, 0) is 62.8 Å². The molecular formula is C24H28N4O2S. The second-order valence-corrected chi connectivity index (χ2v) is 9.57. The first-order valence-electron chi connectivity index (χ1n) is 10.7. The van der Waals surface area contributed by atoms with Crippen molar-refractivity contribution in [1.29, 1.82) is 0 Å². The minimum atomic E-state index is -0.693. The third-order valence-corrected chi connectivity index (χ3v) is 7.00. The van der Waals surface area contributed by atoms with Crippen LogP contribution in [0.1, 0.15) is 36.2 Å². The number of hydrogen-bond acceptors (Lipinski definition) is 5. The highest BCUT2D eigenvalue weighted by molar-refractivity contribution is 7.15. The predicted molar refractivity (Wildman–Crippen MR) is 125 cm³/mol. The molecular weight excluding hydrogens is 408 g/mol. The van der Waals surface area contributed by atoms with Crippen LogP contribution in [-0.2, 0) is 11.2 Å². The lowest BCUT2D eigenvalue weighted by Gasteiger charge is -2.33. The molecule has 1 aliphatic heterocycles. The van der Waals surface area contributed by atoms with Crippen LogP contribution in [0.5, 0.6) is 0 Å². The van der Waals surface area contributed by atoms with Crippen LogP contribution in [0.15, 0.2) is 53.3 Å². The second-order valence-electron chi connectivity index (χ2n) is 8.28. The lowest BCUT2D eigenvalue weighted by molar-refractivity contribution is -0.136. The maximum Gasteiger partial charge on any atom is 0.290 e. The summed E-state index contributed by atoms with van der Waals surface area (Å²) in [5, 5.41) is 4.49. The summed E-state index contributed by atoms with van der Waals surface area (Å²) in [5.74, 6) is 0.496. The summed E-state index contributed by atoms with van der Waals surface area (Å²) in [7, 11) is 0. The maximum absolute atomic E-state index is 13.2. The zero-order chi connectivity index (χ0) is 22.0. The van der Waals surface area contributed by atoms with Crippen molar-refractivity contribution in [3.63, 3.8) is 0 Å². The van der Waals surface area contributed by atoms with Gasteiger partial charge in [0.2, 0.25) is 5.91 Å². The molecule has 0 unspecified atom stereocenters. The van der Waals surface area contributed by atoms with Gasteiger partial charge in [0, 0.05) is 18.0 Å². The Morgan fingerprint density at radius 2 is 1.90 bits per heavy atom. The molecule has 0 saturated carbocycles. The minimum absolute atomic E-state index is 0.0772. The molecule has 31 heavy (non-hydrogen) atoms. The molecule has 0 radical (unpaired) electrons. The van der Waals surface area contributed by atoms with E-state index in [-0.39, 0.29) is 11.6 Å². The van der Waals surface area contributed by atoms with Crippen LogP contribution >= 0.6 is 11.3 Å². The Morgan fingerprint density at radius 3 is 2.55 bits per heavy atom. The molecule has 3 heterocycles. The number of nitrogen functional groups attached to an aromatic ring is 1. The number of nitrogens with two attached hydrogens (primary N) is 1. The molecule has 0 spiro atoms. The average Bonchev–Trinajstić information content (AvgIpc) is 3.22. The molecule has 3 aromatic rings. The number of hydrogen-bond donors (Lipinski definition) is 1. The van der Waals surface area contributed by atoms with E-state index in [9.17, 15) is 9.59 Å². The molecule has 6 nitrogen and oxygen atoms in total. The number of likely N-dealkylation sites (tertiary alicyclic amines) is 1. The van der Waals surface area contributed by atoms with E-state index >= 15 is 0 Å². The van der Waals surface area contributed by atoms with Gasteiger partial charge in [-0.1, -0.05) is 30.3 Å². The minimum Gasteiger partial charge on any atom is -0.394 e. The van der Waals surface area contributed by atoms with E-state index in [1.807, 2.05) is 30.0 Å². The van der Waals surface area contributed by atoms with Crippen molar-refractivity contribution >= 4 is 22.9 Å². The van der Waals surface area contributed by atoms with Gasteiger partial charge in [-0.2, -0.15) is 5.10 Å². The first-order valence-corrected chi connectivity index (χ1v) is 11.5. The number of amides is 1. The zero-order valence-electron chi connectivity index (χ0n) is 18.0. The SMILES string of the molecule is Cc1ccc(-c2cc(N)c(=O)n([C@@H](C)C(=O)N3CCC(Cc4ccccc4)CC3)n2)s1. The Morgan fingerprint density at radius 1 is 1.19 bits per heavy atom. The van der Waals surface area contributed by atoms with Gasteiger partial charge in [0.05, 0.1) is 4.88 Å². The molecule has 1 atom stereocenters. The summed E-state index contributed by atoms with van der Waals surface area (Å²) in [4.78, 5) is 29.8. The number of carbonyl (C=O) groups is 1. The molecule has 1 saturated heterocycles. The van der Waals surface area contributed by atoms with Crippen LogP contribution in [0.25, 0.3) is 10.6 Å². The number of rotatable bonds is 5. The molecule has 162 valence electrons. The summed E-state index contributed by atoms with van der Waals surface area (Å²) >= 11 is 1.58. The van der Waals surface area contributed by atoms with Crippen molar-refractivity contribution < 1.29 is 4.79 Å². The quantitative estimate of drug-likeness (QED) is 0.658. The van der Waals surface area contributed by atoms with Gasteiger partial charge in [-0.25, -0.2) is 4.68 Å². The summed E-state index contributed by atoms with van der Waals surface area (Å²) in [6, 6.07) is 15.3. The van der Waals surface area contributed by atoms with Gasteiger partial charge >= 0.3 is 0 Å². The number of benzene rings is 1. The molecule has 0 aliphatic carbocycles. The first-order chi connectivity index (χ1) is 14.9. The van der Waals surface area contributed by atoms with Crippen molar-refractivity contribution in [2.75, 3.05) is 18.8 Å². The van der Waals surface area contributed by atoms with Crippen LogP contribution in [-0.4, -0.2) is 33.7 Å². The number of nitrogens with zero attached hydrogens (tertiary/aromatic N) is 3. The third kappa shape index (κ3) is 4.71. The summed E-state index contributed by atoms with van der Waals surface area (Å²) in [6.45, 7) is 5.15. The third-order valence-electron chi connectivity index (χ3n) is 5.97. The molecule has 1 amide bonds. The number of piperidine rings is 1. The summed E-state index contributed by atoms with van der Waals surface area (Å²) in [5.41, 5.74) is 7.63. The Labute approximate surface area is 186 Å². The van der Waals surface area contributed by atoms with E-state index in [0.717, 1.165) is 29.0 Å². The first kappa shape index (κ1) is 21.3. The van der Waals surface area contributed by atoms with E-state index in [1.54, 1.807) is 24.3 Å².